The molecule has 0 aliphatic rings. The second-order valence-corrected chi connectivity index (χ2v) is 5.72. The van der Waals surface area contributed by atoms with Crippen LogP contribution in [0.3, 0.4) is 0 Å². The molecule has 0 radical (unpaired) electrons. The molecule has 22 heavy (non-hydrogen) atoms. The Balaban J connectivity index is 2.18. The molecule has 114 valence electrons. The molecule has 0 heterocycles. The van der Waals surface area contributed by atoms with Crippen molar-refractivity contribution in [3.8, 4) is 11.1 Å². The average molecular weight is 314 g/mol. The number of thioether (sulfide) groups is 1. The fourth-order valence-corrected chi connectivity index (χ4v) is 2.45. The molecule has 0 aromatic heterocycles. The molecule has 0 fully saturated rings. The van der Waals surface area contributed by atoms with E-state index < -0.39 is 6.03 Å². The normalized spacial score (nSPS) is 10.2. The third-order valence-corrected chi connectivity index (χ3v) is 3.86. The first-order chi connectivity index (χ1) is 10.6. The van der Waals surface area contributed by atoms with Crippen molar-refractivity contribution < 1.29 is 9.59 Å². The molecule has 0 aliphatic carbocycles. The van der Waals surface area contributed by atoms with Gasteiger partial charge in [0.05, 0.1) is 0 Å². The molecular formula is C17H18N2O2S. The fraction of sp³-hybridized carbons (Fsp3) is 0.176. The van der Waals surface area contributed by atoms with Gasteiger partial charge < -0.3 is 5.73 Å². The van der Waals surface area contributed by atoms with E-state index in [-0.39, 0.29) is 5.91 Å². The van der Waals surface area contributed by atoms with E-state index >= 15 is 0 Å². The number of nitrogens with zero attached hydrogens (tertiary/aromatic N) is 1. The highest BCUT2D eigenvalue weighted by Gasteiger charge is 2.19. The molecule has 2 rings (SSSR count). The smallest absolute Gasteiger partial charge is 0.321 e. The Labute approximate surface area is 134 Å². The number of nitrogens with two attached hydrogens (primary N) is 1. The first-order valence-corrected chi connectivity index (χ1v) is 8.28. The number of imide groups is 1. The maximum Gasteiger partial charge on any atom is 0.321 e. The number of carbonyl (C=O) groups excluding carboxylic acids is 2. The zero-order valence-corrected chi connectivity index (χ0v) is 13.2. The van der Waals surface area contributed by atoms with Gasteiger partial charge in [-0.05, 0) is 29.5 Å². The van der Waals surface area contributed by atoms with Gasteiger partial charge in [0.2, 0.25) is 0 Å². The minimum Gasteiger partial charge on any atom is -0.351 e. The number of hydrogen-bond acceptors (Lipinski definition) is 3. The standard InChI is InChI=1S/C17H18N2O2S/c1-22-12-11-19(17(18)21)16(20)15-9-7-14(8-10-15)13-5-3-2-4-6-13/h2-10H,11-12H2,1H3,(H2,18,21). The van der Waals surface area contributed by atoms with E-state index in [1.165, 1.54) is 0 Å². The third-order valence-electron chi connectivity index (χ3n) is 3.27. The van der Waals surface area contributed by atoms with E-state index in [1.54, 1.807) is 23.9 Å². The van der Waals surface area contributed by atoms with Crippen LogP contribution in [0.2, 0.25) is 0 Å². The Morgan fingerprint density at radius 1 is 1.00 bits per heavy atom. The van der Waals surface area contributed by atoms with Crippen LogP contribution < -0.4 is 5.73 Å². The Kier molecular flexibility index (Phi) is 5.61. The third kappa shape index (κ3) is 3.89. The lowest BCUT2D eigenvalue weighted by Crippen LogP contribution is -2.42. The van der Waals surface area contributed by atoms with Crippen LogP contribution in [0.15, 0.2) is 54.6 Å². The lowest BCUT2D eigenvalue weighted by Gasteiger charge is -2.18. The summed E-state index contributed by atoms with van der Waals surface area (Å²) in [4.78, 5) is 24.9. The number of primary amides is 1. The minimum absolute atomic E-state index is 0.315. The summed E-state index contributed by atoms with van der Waals surface area (Å²) < 4.78 is 0. The Hall–Kier alpha value is -2.27. The first kappa shape index (κ1) is 16.1. The highest BCUT2D eigenvalue weighted by Crippen LogP contribution is 2.19. The maximum absolute atomic E-state index is 12.4. The van der Waals surface area contributed by atoms with Crippen LogP contribution >= 0.6 is 11.8 Å². The molecule has 5 heteroatoms. The molecule has 2 aromatic carbocycles. The maximum atomic E-state index is 12.4. The van der Waals surface area contributed by atoms with Gasteiger partial charge in [-0.25, -0.2) is 4.79 Å². The van der Waals surface area contributed by atoms with E-state index in [0.29, 0.717) is 17.9 Å². The van der Waals surface area contributed by atoms with Crippen molar-refractivity contribution in [3.63, 3.8) is 0 Å². The molecule has 0 spiro atoms. The van der Waals surface area contributed by atoms with Crippen LogP contribution in [-0.2, 0) is 0 Å². The molecule has 2 N–H and O–H groups in total. The predicted octanol–water partition coefficient (Wildman–Crippen LogP) is 3.24. The number of urea groups is 1. The Bertz CT molecular complexity index is 641. The quantitative estimate of drug-likeness (QED) is 0.921. The summed E-state index contributed by atoms with van der Waals surface area (Å²) >= 11 is 1.56. The van der Waals surface area contributed by atoms with E-state index in [4.69, 9.17) is 5.73 Å². The summed E-state index contributed by atoms with van der Waals surface area (Å²) in [5, 5.41) is 0. The Morgan fingerprint density at radius 2 is 1.59 bits per heavy atom. The number of hydrogen-bond donors (Lipinski definition) is 1. The van der Waals surface area contributed by atoms with Crippen molar-refractivity contribution in [2.45, 2.75) is 0 Å². The number of amides is 3. The summed E-state index contributed by atoms with van der Waals surface area (Å²) in [5.74, 6) is 0.303. The van der Waals surface area contributed by atoms with Crippen LogP contribution in [0, 0.1) is 0 Å². The summed E-state index contributed by atoms with van der Waals surface area (Å²) in [5.41, 5.74) is 7.85. The molecule has 0 saturated heterocycles. The Morgan fingerprint density at radius 3 is 2.14 bits per heavy atom. The lowest BCUT2D eigenvalue weighted by atomic mass is 10.0. The molecular weight excluding hydrogens is 296 g/mol. The van der Waals surface area contributed by atoms with Gasteiger partial charge in [0.1, 0.15) is 0 Å². The van der Waals surface area contributed by atoms with Crippen molar-refractivity contribution in [3.05, 3.63) is 60.2 Å². The number of rotatable bonds is 5. The van der Waals surface area contributed by atoms with Crippen LogP contribution in [0.1, 0.15) is 10.4 Å². The van der Waals surface area contributed by atoms with Crippen LogP contribution in [0.4, 0.5) is 4.79 Å². The van der Waals surface area contributed by atoms with Crippen molar-refractivity contribution in [2.24, 2.45) is 5.73 Å². The van der Waals surface area contributed by atoms with E-state index in [9.17, 15) is 9.59 Å². The molecule has 0 saturated carbocycles. The second-order valence-electron chi connectivity index (χ2n) is 4.73. The van der Waals surface area contributed by atoms with Gasteiger partial charge in [-0.15, -0.1) is 0 Å². The van der Waals surface area contributed by atoms with Crippen molar-refractivity contribution in [1.82, 2.24) is 4.90 Å². The summed E-state index contributed by atoms with van der Waals surface area (Å²) in [6.07, 6.45) is 1.91. The zero-order chi connectivity index (χ0) is 15.9. The predicted molar refractivity (Wildman–Crippen MR) is 90.9 cm³/mol. The second kappa shape index (κ2) is 7.66. The SMILES string of the molecule is CSCCN(C(N)=O)C(=O)c1ccc(-c2ccccc2)cc1. The van der Waals surface area contributed by atoms with E-state index in [0.717, 1.165) is 16.0 Å². The van der Waals surface area contributed by atoms with E-state index in [2.05, 4.69) is 0 Å². The highest BCUT2D eigenvalue weighted by atomic mass is 32.2. The van der Waals surface area contributed by atoms with E-state index in [1.807, 2.05) is 48.7 Å². The molecule has 3 amide bonds. The molecule has 2 aromatic rings. The highest BCUT2D eigenvalue weighted by molar-refractivity contribution is 7.98. The minimum atomic E-state index is -0.716. The fourth-order valence-electron chi connectivity index (χ4n) is 2.09. The van der Waals surface area contributed by atoms with Gasteiger partial charge in [-0.2, -0.15) is 11.8 Å². The topological polar surface area (TPSA) is 63.4 Å². The van der Waals surface area contributed by atoms with Crippen molar-refractivity contribution >= 4 is 23.7 Å². The largest absolute Gasteiger partial charge is 0.351 e. The summed E-state index contributed by atoms with van der Waals surface area (Å²) in [6, 6.07) is 16.4. The first-order valence-electron chi connectivity index (χ1n) is 6.89. The van der Waals surface area contributed by atoms with Crippen LogP contribution in [0.5, 0.6) is 0 Å². The van der Waals surface area contributed by atoms with Crippen LogP contribution in [0.25, 0.3) is 11.1 Å². The van der Waals surface area contributed by atoms with Crippen LogP contribution in [-0.4, -0.2) is 35.4 Å². The van der Waals surface area contributed by atoms with Crippen molar-refractivity contribution in [1.29, 1.82) is 0 Å². The number of carbonyl (C=O) groups is 2. The van der Waals surface area contributed by atoms with Gasteiger partial charge in [-0.1, -0.05) is 42.5 Å². The molecule has 0 bridgehead atoms. The van der Waals surface area contributed by atoms with Gasteiger partial charge in [0, 0.05) is 17.9 Å². The molecule has 4 nitrogen and oxygen atoms in total. The summed E-state index contributed by atoms with van der Waals surface area (Å²) in [6.45, 7) is 0.315. The molecule has 0 aliphatic heterocycles. The van der Waals surface area contributed by atoms with Crippen molar-refractivity contribution in [2.75, 3.05) is 18.6 Å². The average Bonchev–Trinajstić information content (AvgIpc) is 2.55. The zero-order valence-electron chi connectivity index (χ0n) is 12.4. The monoisotopic (exact) mass is 314 g/mol. The lowest BCUT2D eigenvalue weighted by molar-refractivity contribution is 0.0816. The summed E-state index contributed by atoms with van der Waals surface area (Å²) in [7, 11) is 0. The van der Waals surface area contributed by atoms with Gasteiger partial charge in [0.25, 0.3) is 5.91 Å². The van der Waals surface area contributed by atoms with Gasteiger partial charge >= 0.3 is 6.03 Å². The molecule has 0 unspecified atom stereocenters. The van der Waals surface area contributed by atoms with Gasteiger partial charge in [0.15, 0.2) is 0 Å². The number of benzene rings is 2. The van der Waals surface area contributed by atoms with Gasteiger partial charge in [-0.3, -0.25) is 9.69 Å². The molecule has 0 atom stereocenters.